The van der Waals surface area contributed by atoms with E-state index in [1.165, 1.54) is 19.9 Å². The van der Waals surface area contributed by atoms with E-state index >= 15 is 0 Å². The summed E-state index contributed by atoms with van der Waals surface area (Å²) in [5.41, 5.74) is 0.975. The Hall–Kier alpha value is -2.58. The molecule has 1 N–H and O–H groups in total. The third-order valence-electron chi connectivity index (χ3n) is 4.34. The van der Waals surface area contributed by atoms with E-state index in [1.54, 1.807) is 16.7 Å². The van der Waals surface area contributed by atoms with Gasteiger partial charge in [0.2, 0.25) is 0 Å². The van der Waals surface area contributed by atoms with E-state index in [2.05, 4.69) is 4.98 Å². The maximum atomic E-state index is 13.2. The first-order chi connectivity index (χ1) is 13.6. The zero-order chi connectivity index (χ0) is 21.3. The van der Waals surface area contributed by atoms with Gasteiger partial charge in [-0.05, 0) is 36.8 Å². The van der Waals surface area contributed by atoms with E-state index in [-0.39, 0.29) is 23.9 Å². The SMILES string of the molecule is CC(=O)OCCc1ccc(-n2c(C(C)O)nc3cc(C(F)(F)F)c(Cl)cc32)cc1. The molecule has 0 aliphatic carbocycles. The number of aliphatic hydroxyl groups excluding tert-OH is 1. The van der Waals surface area contributed by atoms with Gasteiger partial charge in [0.15, 0.2) is 0 Å². The summed E-state index contributed by atoms with van der Waals surface area (Å²) >= 11 is 5.88. The minimum atomic E-state index is -4.61. The van der Waals surface area contributed by atoms with Crippen LogP contribution >= 0.6 is 11.6 Å². The van der Waals surface area contributed by atoms with Gasteiger partial charge in [0.25, 0.3) is 0 Å². The van der Waals surface area contributed by atoms with E-state index in [4.69, 9.17) is 16.3 Å². The standard InChI is InChI=1S/C20H18ClF3N2O3/c1-11(27)19-25-17-9-15(20(22,23)24)16(21)10-18(17)26(19)14-5-3-13(4-6-14)7-8-29-12(2)28/h3-6,9-11,27H,7-8H2,1-2H3. The molecule has 0 bridgehead atoms. The Morgan fingerprint density at radius 1 is 1.28 bits per heavy atom. The molecule has 0 radical (unpaired) electrons. The first kappa shape index (κ1) is 21.1. The van der Waals surface area contributed by atoms with Gasteiger partial charge in [-0.3, -0.25) is 9.36 Å². The fourth-order valence-corrected chi connectivity index (χ4v) is 3.27. The van der Waals surface area contributed by atoms with Gasteiger partial charge < -0.3 is 9.84 Å². The van der Waals surface area contributed by atoms with Crippen LogP contribution in [0.3, 0.4) is 0 Å². The predicted octanol–water partition coefficient (Wildman–Crippen LogP) is 4.86. The lowest BCUT2D eigenvalue weighted by molar-refractivity contribution is -0.141. The van der Waals surface area contributed by atoms with Crippen LogP contribution in [-0.2, 0) is 22.1 Å². The lowest BCUT2D eigenvalue weighted by Gasteiger charge is -2.13. The Morgan fingerprint density at radius 3 is 2.48 bits per heavy atom. The van der Waals surface area contributed by atoms with Crippen molar-refractivity contribution in [2.75, 3.05) is 6.61 Å². The fourth-order valence-electron chi connectivity index (χ4n) is 3.01. The minimum absolute atomic E-state index is 0.0801. The minimum Gasteiger partial charge on any atom is -0.466 e. The number of hydrogen-bond acceptors (Lipinski definition) is 4. The molecule has 2 aromatic carbocycles. The number of imidazole rings is 1. The summed E-state index contributed by atoms with van der Waals surface area (Å²) < 4.78 is 46.0. The number of esters is 1. The molecular formula is C20H18ClF3N2O3. The molecular weight excluding hydrogens is 409 g/mol. The number of hydrogen-bond donors (Lipinski definition) is 1. The molecule has 0 fully saturated rings. The largest absolute Gasteiger partial charge is 0.466 e. The molecule has 5 nitrogen and oxygen atoms in total. The van der Waals surface area contributed by atoms with Gasteiger partial charge in [-0.15, -0.1) is 0 Å². The van der Waals surface area contributed by atoms with Crippen molar-refractivity contribution < 1.29 is 27.8 Å². The third-order valence-corrected chi connectivity index (χ3v) is 4.65. The van der Waals surface area contributed by atoms with Crippen molar-refractivity contribution in [3.63, 3.8) is 0 Å². The second kappa shape index (κ2) is 8.04. The molecule has 1 heterocycles. The van der Waals surface area contributed by atoms with Gasteiger partial charge in [0.05, 0.1) is 28.2 Å². The number of carbonyl (C=O) groups is 1. The number of aliphatic hydroxyl groups is 1. The van der Waals surface area contributed by atoms with Crippen LogP contribution in [0.15, 0.2) is 36.4 Å². The van der Waals surface area contributed by atoms with Gasteiger partial charge in [-0.25, -0.2) is 4.98 Å². The highest BCUT2D eigenvalue weighted by Gasteiger charge is 2.34. The molecule has 29 heavy (non-hydrogen) atoms. The summed E-state index contributed by atoms with van der Waals surface area (Å²) in [6.45, 7) is 3.06. The van der Waals surface area contributed by atoms with E-state index < -0.39 is 22.9 Å². The fraction of sp³-hybridized carbons (Fsp3) is 0.300. The number of fused-ring (bicyclic) bond motifs is 1. The molecule has 0 aliphatic heterocycles. The molecule has 3 rings (SSSR count). The average molecular weight is 427 g/mol. The molecule has 0 spiro atoms. The predicted molar refractivity (Wildman–Crippen MR) is 102 cm³/mol. The van der Waals surface area contributed by atoms with Gasteiger partial charge in [-0.2, -0.15) is 13.2 Å². The quantitative estimate of drug-likeness (QED) is 0.592. The Balaban J connectivity index is 2.05. The highest BCUT2D eigenvalue weighted by molar-refractivity contribution is 6.32. The number of ether oxygens (including phenoxy) is 1. The average Bonchev–Trinajstić information content (AvgIpc) is 2.99. The van der Waals surface area contributed by atoms with Crippen LogP contribution < -0.4 is 0 Å². The highest BCUT2D eigenvalue weighted by atomic mass is 35.5. The number of benzene rings is 2. The van der Waals surface area contributed by atoms with E-state index in [9.17, 15) is 23.1 Å². The van der Waals surface area contributed by atoms with Crippen LogP contribution in [0.25, 0.3) is 16.7 Å². The molecule has 9 heteroatoms. The van der Waals surface area contributed by atoms with E-state index in [0.29, 0.717) is 17.6 Å². The monoisotopic (exact) mass is 426 g/mol. The van der Waals surface area contributed by atoms with Crippen molar-refractivity contribution in [3.8, 4) is 5.69 Å². The first-order valence-corrected chi connectivity index (χ1v) is 9.15. The second-order valence-corrected chi connectivity index (χ2v) is 6.96. The molecule has 0 aliphatic rings. The van der Waals surface area contributed by atoms with Crippen LogP contribution in [-0.4, -0.2) is 27.2 Å². The van der Waals surface area contributed by atoms with Gasteiger partial charge in [0.1, 0.15) is 11.9 Å². The molecule has 1 unspecified atom stereocenters. The number of nitrogens with zero attached hydrogens (tertiary/aromatic N) is 2. The highest BCUT2D eigenvalue weighted by Crippen LogP contribution is 2.38. The van der Waals surface area contributed by atoms with Crippen LogP contribution in [0.1, 0.15) is 36.9 Å². The molecule has 0 saturated heterocycles. The maximum Gasteiger partial charge on any atom is 0.417 e. The van der Waals surface area contributed by atoms with Gasteiger partial charge in [-0.1, -0.05) is 23.7 Å². The summed E-state index contributed by atoms with van der Waals surface area (Å²) in [6, 6.07) is 9.20. The Bertz CT molecular complexity index is 1040. The van der Waals surface area contributed by atoms with Crippen LogP contribution in [0.5, 0.6) is 0 Å². The zero-order valence-corrected chi connectivity index (χ0v) is 16.4. The van der Waals surface area contributed by atoms with Crippen molar-refractivity contribution in [3.05, 3.63) is 58.4 Å². The second-order valence-electron chi connectivity index (χ2n) is 6.56. The Morgan fingerprint density at radius 2 is 1.93 bits per heavy atom. The number of rotatable bonds is 5. The third kappa shape index (κ3) is 4.54. The summed E-state index contributed by atoms with van der Waals surface area (Å²) in [7, 11) is 0. The summed E-state index contributed by atoms with van der Waals surface area (Å²) in [6.07, 6.45) is -5.10. The van der Waals surface area contributed by atoms with E-state index in [0.717, 1.165) is 11.6 Å². The Labute approximate surface area is 169 Å². The van der Waals surface area contributed by atoms with Crippen molar-refractivity contribution >= 4 is 28.6 Å². The summed E-state index contributed by atoms with van der Waals surface area (Å²) in [4.78, 5) is 15.0. The number of carbonyl (C=O) groups excluding carboxylic acids is 1. The van der Waals surface area contributed by atoms with Crippen LogP contribution in [0.4, 0.5) is 13.2 Å². The summed E-state index contributed by atoms with van der Waals surface area (Å²) in [5.74, 6) is -0.161. The van der Waals surface area contributed by atoms with Crippen molar-refractivity contribution in [1.82, 2.24) is 9.55 Å². The zero-order valence-electron chi connectivity index (χ0n) is 15.6. The van der Waals surface area contributed by atoms with Crippen molar-refractivity contribution in [2.24, 2.45) is 0 Å². The first-order valence-electron chi connectivity index (χ1n) is 8.77. The maximum absolute atomic E-state index is 13.2. The number of halogens is 4. The van der Waals surface area contributed by atoms with Crippen molar-refractivity contribution in [2.45, 2.75) is 32.5 Å². The molecule has 3 aromatic rings. The lowest BCUT2D eigenvalue weighted by Crippen LogP contribution is -2.07. The number of alkyl halides is 3. The van der Waals surface area contributed by atoms with Gasteiger partial charge in [0, 0.05) is 19.0 Å². The summed E-state index contributed by atoms with van der Waals surface area (Å²) in [5, 5.41) is 9.66. The van der Waals surface area contributed by atoms with Crippen LogP contribution in [0.2, 0.25) is 5.02 Å². The van der Waals surface area contributed by atoms with Crippen LogP contribution in [0, 0.1) is 0 Å². The molecule has 1 atom stereocenters. The van der Waals surface area contributed by atoms with Gasteiger partial charge >= 0.3 is 12.1 Å². The molecule has 0 saturated carbocycles. The lowest BCUT2D eigenvalue weighted by atomic mass is 10.1. The molecule has 1 aromatic heterocycles. The van der Waals surface area contributed by atoms with Crippen molar-refractivity contribution in [1.29, 1.82) is 0 Å². The van der Waals surface area contributed by atoms with E-state index in [1.807, 2.05) is 12.1 Å². The number of aromatic nitrogens is 2. The topological polar surface area (TPSA) is 64.3 Å². The smallest absolute Gasteiger partial charge is 0.417 e. The normalized spacial score (nSPS) is 12.9. The molecule has 0 amide bonds. The molecule has 154 valence electrons. The Kier molecular flexibility index (Phi) is 5.86.